The lowest BCUT2D eigenvalue weighted by atomic mass is 10.1. The maximum Gasteiger partial charge on any atom is 0.283 e. The van der Waals surface area contributed by atoms with Gasteiger partial charge in [0.05, 0.1) is 6.54 Å². The van der Waals surface area contributed by atoms with Crippen LogP contribution in [0.3, 0.4) is 0 Å². The van der Waals surface area contributed by atoms with Crippen LogP contribution < -0.4 is 25.6 Å². The highest BCUT2D eigenvalue weighted by Crippen LogP contribution is 2.30. The molecule has 0 saturated heterocycles. The van der Waals surface area contributed by atoms with Gasteiger partial charge in [0.1, 0.15) is 6.61 Å². The van der Waals surface area contributed by atoms with E-state index in [0.29, 0.717) is 11.5 Å². The summed E-state index contributed by atoms with van der Waals surface area (Å²) in [6.07, 6.45) is -0.822. The zero-order valence-corrected chi connectivity index (χ0v) is 14.7. The second-order valence-corrected chi connectivity index (χ2v) is 6.07. The van der Waals surface area contributed by atoms with Crippen molar-refractivity contribution in [2.45, 2.75) is 20.0 Å². The fraction of sp³-hybridized carbons (Fsp3) is 0.263. The Balaban J connectivity index is 1.45. The van der Waals surface area contributed by atoms with Gasteiger partial charge in [0.25, 0.3) is 11.8 Å². The number of amides is 2. The highest BCUT2D eigenvalue weighted by Gasteiger charge is 2.27. The number of hydrogen-bond donors (Lipinski definition) is 3. The number of hydrogen-bond acceptors (Lipinski definition) is 5. The standard InChI is InChI=1S/C19H21N3O4/c1-12-7-8-14(13(2)9-12)20-10-18(23)21-22-19(24)17-11-25-15-5-3-4-6-16(15)26-17/h3-9,17,20H,10-11H2,1-2H3,(H,21,23)(H,22,24)/t17-/m1/s1. The Kier molecular flexibility index (Phi) is 5.26. The Hall–Kier alpha value is -3.22. The molecule has 0 aliphatic carbocycles. The minimum absolute atomic E-state index is 0.0367. The number of aryl methyl sites for hydroxylation is 2. The Morgan fingerprint density at radius 2 is 1.85 bits per heavy atom. The largest absolute Gasteiger partial charge is 0.485 e. The van der Waals surface area contributed by atoms with Crippen molar-refractivity contribution >= 4 is 17.5 Å². The summed E-state index contributed by atoms with van der Waals surface area (Å²) in [6, 6.07) is 13.0. The molecular weight excluding hydrogens is 334 g/mol. The number of carbonyl (C=O) groups is 2. The molecule has 1 aliphatic rings. The zero-order chi connectivity index (χ0) is 18.5. The first-order valence-corrected chi connectivity index (χ1v) is 8.31. The molecule has 1 atom stereocenters. The van der Waals surface area contributed by atoms with Gasteiger partial charge in [-0.1, -0.05) is 29.8 Å². The minimum atomic E-state index is -0.822. The van der Waals surface area contributed by atoms with Gasteiger partial charge in [-0.3, -0.25) is 20.4 Å². The molecule has 0 unspecified atom stereocenters. The van der Waals surface area contributed by atoms with E-state index < -0.39 is 12.0 Å². The molecule has 3 N–H and O–H groups in total. The van der Waals surface area contributed by atoms with Crippen LogP contribution >= 0.6 is 0 Å². The van der Waals surface area contributed by atoms with Crippen molar-refractivity contribution in [3.8, 4) is 11.5 Å². The average Bonchev–Trinajstić information content (AvgIpc) is 2.65. The van der Waals surface area contributed by atoms with Crippen LogP contribution in [0.2, 0.25) is 0 Å². The van der Waals surface area contributed by atoms with Gasteiger partial charge in [0.15, 0.2) is 11.5 Å². The van der Waals surface area contributed by atoms with Gasteiger partial charge in [-0.05, 0) is 37.6 Å². The molecule has 2 amide bonds. The maximum atomic E-state index is 12.1. The SMILES string of the molecule is Cc1ccc(NCC(=O)NNC(=O)[C@H]2COc3ccccc3O2)c(C)c1. The van der Waals surface area contributed by atoms with Crippen LogP contribution in [-0.4, -0.2) is 31.1 Å². The van der Waals surface area contributed by atoms with E-state index in [4.69, 9.17) is 9.47 Å². The molecule has 2 aromatic carbocycles. The fourth-order valence-corrected chi connectivity index (χ4v) is 2.59. The first-order chi connectivity index (χ1) is 12.5. The molecule has 0 bridgehead atoms. The number of fused-ring (bicyclic) bond motifs is 1. The minimum Gasteiger partial charge on any atom is -0.485 e. The predicted molar refractivity (Wildman–Crippen MR) is 97.0 cm³/mol. The Labute approximate surface area is 151 Å². The van der Waals surface area contributed by atoms with Gasteiger partial charge < -0.3 is 14.8 Å². The number of anilines is 1. The molecule has 0 saturated carbocycles. The van der Waals surface area contributed by atoms with Gasteiger partial charge in [-0.2, -0.15) is 0 Å². The number of benzene rings is 2. The third-order valence-corrected chi connectivity index (χ3v) is 3.95. The monoisotopic (exact) mass is 355 g/mol. The summed E-state index contributed by atoms with van der Waals surface area (Å²) in [5, 5.41) is 3.04. The van der Waals surface area contributed by atoms with E-state index >= 15 is 0 Å². The third-order valence-electron chi connectivity index (χ3n) is 3.95. The molecule has 136 valence electrons. The van der Waals surface area contributed by atoms with E-state index in [1.165, 1.54) is 0 Å². The lowest BCUT2D eigenvalue weighted by molar-refractivity contribution is -0.134. The summed E-state index contributed by atoms with van der Waals surface area (Å²) in [5.74, 6) is 0.259. The third kappa shape index (κ3) is 4.24. The number of hydrazine groups is 1. The Morgan fingerprint density at radius 3 is 2.62 bits per heavy atom. The number of nitrogens with one attached hydrogen (secondary N) is 3. The lowest BCUT2D eigenvalue weighted by Gasteiger charge is -2.25. The number of ether oxygens (including phenoxy) is 2. The molecular formula is C19H21N3O4. The zero-order valence-electron chi connectivity index (χ0n) is 14.7. The van der Waals surface area contributed by atoms with Crippen molar-refractivity contribution < 1.29 is 19.1 Å². The van der Waals surface area contributed by atoms with Crippen LogP contribution in [0.4, 0.5) is 5.69 Å². The van der Waals surface area contributed by atoms with Crippen LogP contribution in [0, 0.1) is 13.8 Å². The lowest BCUT2D eigenvalue weighted by Crippen LogP contribution is -2.51. The molecule has 0 aromatic heterocycles. The van der Waals surface area contributed by atoms with Crippen LogP contribution in [0.15, 0.2) is 42.5 Å². The van der Waals surface area contributed by atoms with E-state index in [9.17, 15) is 9.59 Å². The van der Waals surface area contributed by atoms with E-state index in [1.54, 1.807) is 18.2 Å². The van der Waals surface area contributed by atoms with Crippen molar-refractivity contribution in [1.82, 2.24) is 10.9 Å². The second kappa shape index (κ2) is 7.77. The summed E-state index contributed by atoms with van der Waals surface area (Å²) in [4.78, 5) is 24.0. The number of para-hydroxylation sites is 2. The van der Waals surface area contributed by atoms with Gasteiger partial charge in [0, 0.05) is 5.69 Å². The molecule has 3 rings (SSSR count). The van der Waals surface area contributed by atoms with Crippen molar-refractivity contribution in [2.24, 2.45) is 0 Å². The summed E-state index contributed by atoms with van der Waals surface area (Å²) < 4.78 is 11.1. The topological polar surface area (TPSA) is 88.7 Å². The molecule has 0 fully saturated rings. The first-order valence-electron chi connectivity index (χ1n) is 8.31. The maximum absolute atomic E-state index is 12.1. The summed E-state index contributed by atoms with van der Waals surface area (Å²) in [7, 11) is 0. The predicted octanol–water partition coefficient (Wildman–Crippen LogP) is 1.70. The molecule has 7 nitrogen and oxygen atoms in total. The molecule has 7 heteroatoms. The second-order valence-electron chi connectivity index (χ2n) is 6.07. The highest BCUT2D eigenvalue weighted by molar-refractivity contribution is 5.86. The summed E-state index contributed by atoms with van der Waals surface area (Å²) in [6.45, 7) is 4.09. The molecule has 1 aliphatic heterocycles. The van der Waals surface area contributed by atoms with Gasteiger partial charge in [-0.15, -0.1) is 0 Å². The normalized spacial score (nSPS) is 15.1. The average molecular weight is 355 g/mol. The van der Waals surface area contributed by atoms with Crippen LogP contribution in [0.25, 0.3) is 0 Å². The number of carbonyl (C=O) groups excluding carboxylic acids is 2. The summed E-state index contributed by atoms with van der Waals surface area (Å²) in [5.41, 5.74) is 7.80. The molecule has 0 radical (unpaired) electrons. The van der Waals surface area contributed by atoms with E-state index in [0.717, 1.165) is 16.8 Å². The van der Waals surface area contributed by atoms with Crippen LogP contribution in [0.5, 0.6) is 11.5 Å². The molecule has 0 spiro atoms. The quantitative estimate of drug-likeness (QED) is 0.727. The number of rotatable bonds is 4. The first kappa shape index (κ1) is 17.6. The van der Waals surface area contributed by atoms with Crippen molar-refractivity contribution in [2.75, 3.05) is 18.5 Å². The molecule has 2 aromatic rings. The van der Waals surface area contributed by atoms with Crippen LogP contribution in [0.1, 0.15) is 11.1 Å². The van der Waals surface area contributed by atoms with Crippen molar-refractivity contribution in [1.29, 1.82) is 0 Å². The van der Waals surface area contributed by atoms with Gasteiger partial charge in [-0.25, -0.2) is 0 Å². The van der Waals surface area contributed by atoms with E-state index in [2.05, 4.69) is 16.2 Å². The van der Waals surface area contributed by atoms with Crippen LogP contribution in [-0.2, 0) is 9.59 Å². The smallest absolute Gasteiger partial charge is 0.283 e. The van der Waals surface area contributed by atoms with Crippen molar-refractivity contribution in [3.63, 3.8) is 0 Å². The fourth-order valence-electron chi connectivity index (χ4n) is 2.59. The van der Waals surface area contributed by atoms with Gasteiger partial charge in [0.2, 0.25) is 6.10 Å². The van der Waals surface area contributed by atoms with E-state index in [1.807, 2.05) is 38.1 Å². The molecule has 1 heterocycles. The van der Waals surface area contributed by atoms with Crippen molar-refractivity contribution in [3.05, 3.63) is 53.6 Å². The van der Waals surface area contributed by atoms with E-state index in [-0.39, 0.29) is 19.1 Å². The molecule has 26 heavy (non-hydrogen) atoms. The Morgan fingerprint density at radius 1 is 1.08 bits per heavy atom. The van der Waals surface area contributed by atoms with Gasteiger partial charge >= 0.3 is 0 Å². The Bertz CT molecular complexity index is 822. The summed E-state index contributed by atoms with van der Waals surface area (Å²) >= 11 is 0. The highest BCUT2D eigenvalue weighted by atomic mass is 16.6.